The number of para-hydroxylation sites is 1. The predicted molar refractivity (Wildman–Crippen MR) is 82.3 cm³/mol. The first kappa shape index (κ1) is 15.0. The minimum Gasteiger partial charge on any atom is -0.345 e. The Morgan fingerprint density at radius 2 is 1.75 bits per heavy atom. The summed E-state index contributed by atoms with van der Waals surface area (Å²) in [5, 5.41) is 5.42. The van der Waals surface area contributed by atoms with Crippen LogP contribution in [0.25, 0.3) is 0 Å². The van der Waals surface area contributed by atoms with E-state index in [-0.39, 0.29) is 6.04 Å². The summed E-state index contributed by atoms with van der Waals surface area (Å²) in [6, 6.07) is 7.35. The number of carbonyl (C=O) groups is 2. The molecule has 1 aromatic carbocycles. The fraction of sp³-hybridized carbons (Fsp3) is 0.467. The molecule has 2 amide bonds. The quantitative estimate of drug-likeness (QED) is 0.814. The molecule has 0 unspecified atom stereocenters. The third-order valence-corrected chi connectivity index (χ3v) is 4.37. The number of halogens is 1. The maximum atomic E-state index is 11.9. The van der Waals surface area contributed by atoms with Crippen molar-refractivity contribution in [3.63, 3.8) is 0 Å². The van der Waals surface area contributed by atoms with E-state index < -0.39 is 11.8 Å². The van der Waals surface area contributed by atoms with Crippen molar-refractivity contribution < 1.29 is 9.59 Å². The molecule has 0 atom stereocenters. The molecule has 2 rings (SSSR count). The first-order chi connectivity index (χ1) is 9.56. The fourth-order valence-corrected chi connectivity index (χ4v) is 2.78. The fourth-order valence-electron chi connectivity index (χ4n) is 2.40. The molecule has 0 bridgehead atoms. The molecule has 0 aromatic heterocycles. The van der Waals surface area contributed by atoms with Gasteiger partial charge in [-0.3, -0.25) is 9.59 Å². The van der Waals surface area contributed by atoms with E-state index in [0.717, 1.165) is 36.1 Å². The summed E-state index contributed by atoms with van der Waals surface area (Å²) in [4.78, 5) is 23.7. The van der Waals surface area contributed by atoms with Crippen molar-refractivity contribution in [3.05, 3.63) is 28.7 Å². The van der Waals surface area contributed by atoms with Gasteiger partial charge in [0.15, 0.2) is 0 Å². The number of anilines is 1. The molecule has 4 nitrogen and oxygen atoms in total. The van der Waals surface area contributed by atoms with Gasteiger partial charge >= 0.3 is 11.8 Å². The summed E-state index contributed by atoms with van der Waals surface area (Å²) in [5.41, 5.74) is 0.602. The number of nitrogens with one attached hydrogen (secondary N) is 2. The van der Waals surface area contributed by atoms with Gasteiger partial charge in [-0.05, 0) is 59.7 Å². The second kappa shape index (κ2) is 6.88. The average molecular weight is 339 g/mol. The second-order valence-electron chi connectivity index (χ2n) is 5.36. The minimum atomic E-state index is -0.615. The zero-order valence-corrected chi connectivity index (χ0v) is 13.1. The topological polar surface area (TPSA) is 58.2 Å². The van der Waals surface area contributed by atoms with Crippen LogP contribution in [0.3, 0.4) is 0 Å². The van der Waals surface area contributed by atoms with Gasteiger partial charge in [0.2, 0.25) is 0 Å². The van der Waals surface area contributed by atoms with Crippen LogP contribution < -0.4 is 10.6 Å². The third kappa shape index (κ3) is 4.07. The Morgan fingerprint density at radius 3 is 2.40 bits per heavy atom. The Balaban J connectivity index is 1.86. The molecule has 0 radical (unpaired) electrons. The monoisotopic (exact) mass is 338 g/mol. The van der Waals surface area contributed by atoms with Crippen molar-refractivity contribution in [2.24, 2.45) is 5.92 Å². The first-order valence-corrected chi connectivity index (χ1v) is 7.72. The molecule has 1 saturated carbocycles. The maximum Gasteiger partial charge on any atom is 0.313 e. The van der Waals surface area contributed by atoms with E-state index in [1.54, 1.807) is 12.1 Å². The Labute approximate surface area is 127 Å². The molecule has 0 spiro atoms. The summed E-state index contributed by atoms with van der Waals surface area (Å²) in [6.45, 7) is 2.22. The van der Waals surface area contributed by atoms with E-state index in [4.69, 9.17) is 0 Å². The van der Waals surface area contributed by atoms with Crippen molar-refractivity contribution in [3.8, 4) is 0 Å². The van der Waals surface area contributed by atoms with Gasteiger partial charge in [-0.15, -0.1) is 0 Å². The molecule has 20 heavy (non-hydrogen) atoms. The van der Waals surface area contributed by atoms with Crippen molar-refractivity contribution in [2.45, 2.75) is 38.6 Å². The minimum absolute atomic E-state index is 0.128. The van der Waals surface area contributed by atoms with Crippen LogP contribution in [0.5, 0.6) is 0 Å². The molecule has 0 heterocycles. The summed E-state index contributed by atoms with van der Waals surface area (Å²) >= 11 is 3.33. The Kier molecular flexibility index (Phi) is 5.17. The lowest BCUT2D eigenvalue weighted by atomic mass is 9.87. The molecule has 0 aliphatic heterocycles. The van der Waals surface area contributed by atoms with E-state index in [1.807, 2.05) is 12.1 Å². The van der Waals surface area contributed by atoms with Gasteiger partial charge in [-0.1, -0.05) is 19.1 Å². The van der Waals surface area contributed by atoms with Gasteiger partial charge in [-0.2, -0.15) is 0 Å². The third-order valence-electron chi connectivity index (χ3n) is 3.68. The molecule has 0 saturated heterocycles. The molecular weight excluding hydrogens is 320 g/mol. The highest BCUT2D eigenvalue weighted by molar-refractivity contribution is 9.10. The van der Waals surface area contributed by atoms with Gasteiger partial charge in [0.05, 0.1) is 5.69 Å². The molecule has 1 fully saturated rings. The molecular formula is C15H19BrN2O2. The van der Waals surface area contributed by atoms with Gasteiger partial charge in [0.1, 0.15) is 0 Å². The Bertz CT molecular complexity index is 496. The predicted octanol–water partition coefficient (Wildman–Crippen LogP) is 3.08. The van der Waals surface area contributed by atoms with Crippen LogP contribution in [0.1, 0.15) is 32.6 Å². The van der Waals surface area contributed by atoms with Crippen molar-refractivity contribution in [1.82, 2.24) is 5.32 Å². The molecule has 2 N–H and O–H groups in total. The van der Waals surface area contributed by atoms with Crippen LogP contribution in [-0.4, -0.2) is 17.9 Å². The van der Waals surface area contributed by atoms with E-state index in [0.29, 0.717) is 5.69 Å². The van der Waals surface area contributed by atoms with E-state index in [9.17, 15) is 9.59 Å². The molecule has 108 valence electrons. The highest BCUT2D eigenvalue weighted by Crippen LogP contribution is 2.23. The second-order valence-corrected chi connectivity index (χ2v) is 6.22. The van der Waals surface area contributed by atoms with Crippen molar-refractivity contribution in [2.75, 3.05) is 5.32 Å². The number of carbonyl (C=O) groups excluding carboxylic acids is 2. The largest absolute Gasteiger partial charge is 0.345 e. The Hall–Kier alpha value is -1.36. The smallest absolute Gasteiger partial charge is 0.313 e. The standard InChI is InChI=1S/C15H19BrN2O2/c1-10-6-8-11(9-7-10)17-14(19)15(20)18-13-5-3-2-4-12(13)16/h2-5,10-11H,6-9H2,1H3,(H,17,19)(H,18,20). The molecule has 5 heteroatoms. The molecule has 1 aliphatic carbocycles. The summed E-state index contributed by atoms with van der Waals surface area (Å²) in [6.07, 6.45) is 4.12. The zero-order chi connectivity index (χ0) is 14.5. The van der Waals surface area contributed by atoms with Gasteiger partial charge in [0, 0.05) is 10.5 Å². The molecule has 1 aliphatic rings. The van der Waals surface area contributed by atoms with Crippen molar-refractivity contribution >= 4 is 33.4 Å². The maximum absolute atomic E-state index is 11.9. The van der Waals surface area contributed by atoms with Gasteiger partial charge in [0.25, 0.3) is 0 Å². The van der Waals surface area contributed by atoms with Crippen LogP contribution >= 0.6 is 15.9 Å². The average Bonchev–Trinajstić information content (AvgIpc) is 2.44. The lowest BCUT2D eigenvalue weighted by Gasteiger charge is -2.26. The number of rotatable bonds is 2. The normalized spacial score (nSPS) is 22.1. The SMILES string of the molecule is CC1CCC(NC(=O)C(=O)Nc2ccccc2Br)CC1. The van der Waals surface area contributed by atoms with E-state index in [2.05, 4.69) is 33.5 Å². The van der Waals surface area contributed by atoms with Crippen LogP contribution in [0, 0.1) is 5.92 Å². The lowest BCUT2D eigenvalue weighted by Crippen LogP contribution is -2.43. The van der Waals surface area contributed by atoms with E-state index in [1.165, 1.54) is 0 Å². The number of hydrogen-bond acceptors (Lipinski definition) is 2. The highest BCUT2D eigenvalue weighted by Gasteiger charge is 2.23. The van der Waals surface area contributed by atoms with Crippen LogP contribution in [0.15, 0.2) is 28.7 Å². The summed E-state index contributed by atoms with van der Waals surface area (Å²) < 4.78 is 0.757. The molecule has 1 aromatic rings. The summed E-state index contributed by atoms with van der Waals surface area (Å²) in [5.74, 6) is -0.451. The van der Waals surface area contributed by atoms with Gasteiger partial charge in [-0.25, -0.2) is 0 Å². The lowest BCUT2D eigenvalue weighted by molar-refractivity contribution is -0.136. The van der Waals surface area contributed by atoms with Crippen molar-refractivity contribution in [1.29, 1.82) is 0 Å². The Morgan fingerprint density at radius 1 is 1.10 bits per heavy atom. The number of amides is 2. The van der Waals surface area contributed by atoms with E-state index >= 15 is 0 Å². The first-order valence-electron chi connectivity index (χ1n) is 6.92. The number of hydrogen-bond donors (Lipinski definition) is 2. The van der Waals surface area contributed by atoms with Gasteiger partial charge < -0.3 is 10.6 Å². The van der Waals surface area contributed by atoms with Crippen LogP contribution in [0.2, 0.25) is 0 Å². The summed E-state index contributed by atoms with van der Waals surface area (Å²) in [7, 11) is 0. The highest BCUT2D eigenvalue weighted by atomic mass is 79.9. The van der Waals surface area contributed by atoms with Crippen LogP contribution in [-0.2, 0) is 9.59 Å². The number of benzene rings is 1. The van der Waals surface area contributed by atoms with Crippen LogP contribution in [0.4, 0.5) is 5.69 Å². The zero-order valence-electron chi connectivity index (χ0n) is 11.5.